The number of carbonyl (C=O) groups is 1. The lowest BCUT2D eigenvalue weighted by Crippen LogP contribution is -2.03. The van der Waals surface area contributed by atoms with Crippen molar-refractivity contribution in [1.82, 2.24) is 15.0 Å². The van der Waals surface area contributed by atoms with E-state index in [0.29, 0.717) is 29.2 Å². The summed E-state index contributed by atoms with van der Waals surface area (Å²) in [5, 5.41) is 11.6. The number of aromatic nitrogens is 3. The van der Waals surface area contributed by atoms with Gasteiger partial charge in [0.05, 0.1) is 12.7 Å². The molecule has 0 radical (unpaired) electrons. The number of methoxy groups -OCH3 is 1. The second-order valence-electron chi connectivity index (χ2n) is 5.97. The van der Waals surface area contributed by atoms with Gasteiger partial charge in [-0.1, -0.05) is 12.1 Å². The van der Waals surface area contributed by atoms with Crippen LogP contribution >= 0.6 is 0 Å². The smallest absolute Gasteiger partial charge is 0.439 e. The van der Waals surface area contributed by atoms with E-state index in [9.17, 15) is 13.7 Å². The molecule has 2 aromatic carbocycles. The van der Waals surface area contributed by atoms with Gasteiger partial charge in [-0.25, -0.2) is 19.2 Å². The van der Waals surface area contributed by atoms with Crippen LogP contribution in [0.4, 0.5) is 20.8 Å². The monoisotopic (exact) mass is 431 g/mol. The maximum Gasteiger partial charge on any atom is 0.439 e. The normalized spacial score (nSPS) is 11.8. The Morgan fingerprint density at radius 2 is 2.10 bits per heavy atom. The average molecular weight is 431 g/mol. The van der Waals surface area contributed by atoms with Gasteiger partial charge < -0.3 is 19.7 Å². The summed E-state index contributed by atoms with van der Waals surface area (Å²) in [5.74, 6) is 0.684. The number of rotatable bonds is 7. The maximum atomic E-state index is 13.4. The molecule has 0 saturated heterocycles. The van der Waals surface area contributed by atoms with E-state index >= 15 is 0 Å². The Morgan fingerprint density at radius 1 is 1.27 bits per heavy atom. The van der Waals surface area contributed by atoms with E-state index in [2.05, 4.69) is 24.6 Å². The van der Waals surface area contributed by atoms with Crippen LogP contribution in [0.1, 0.15) is 5.56 Å². The number of amides is 1. The molecule has 3 rings (SSSR count). The Labute approximate surface area is 173 Å². The predicted octanol–water partition coefficient (Wildman–Crippen LogP) is 3.93. The van der Waals surface area contributed by atoms with Crippen LogP contribution in [0.2, 0.25) is 0 Å². The summed E-state index contributed by atoms with van der Waals surface area (Å²) in [4.78, 5) is 23.1. The van der Waals surface area contributed by atoms with Crippen LogP contribution < -0.4 is 10.1 Å². The van der Waals surface area contributed by atoms with Crippen molar-refractivity contribution in [2.24, 2.45) is 4.36 Å². The Balaban J connectivity index is 1.76. The summed E-state index contributed by atoms with van der Waals surface area (Å²) < 4.78 is 31.4. The van der Waals surface area contributed by atoms with Crippen LogP contribution in [0, 0.1) is 5.82 Å². The molecular formula is C19H18FN5O4S. The van der Waals surface area contributed by atoms with Crippen LogP contribution in [0.3, 0.4) is 0 Å². The first-order valence-corrected chi connectivity index (χ1v) is 9.99. The van der Waals surface area contributed by atoms with E-state index in [1.54, 1.807) is 0 Å². The molecule has 1 atom stereocenters. The topological polar surface area (TPSA) is 130 Å². The van der Waals surface area contributed by atoms with E-state index in [-0.39, 0.29) is 11.7 Å². The second kappa shape index (κ2) is 9.85. The number of hydrogen-bond donors (Lipinski definition) is 3. The Bertz CT molecular complexity index is 1100. The molecule has 1 amide bonds. The highest BCUT2D eigenvalue weighted by atomic mass is 32.2. The molecule has 11 heteroatoms. The number of benzene rings is 2. The zero-order chi connectivity index (χ0) is 21.5. The van der Waals surface area contributed by atoms with Gasteiger partial charge in [0.15, 0.2) is 5.82 Å². The standard InChI is InChI=1S/C19H18FN5O4S/c1-29-16-10-13(20)5-6-15(16)17-21-11-22-18(24-17)23-14-4-2-3-12(9-14)7-8-30(28)25-19(26)27/h2-6,9-11H,7-8H2,1H3,(H,25,28)(H,26,27)(H,21,22,23,24). The maximum absolute atomic E-state index is 13.4. The number of ether oxygens (including phenoxy) is 1. The van der Waals surface area contributed by atoms with Crippen molar-refractivity contribution in [3.63, 3.8) is 0 Å². The third-order valence-corrected chi connectivity index (χ3v) is 4.85. The molecule has 1 heterocycles. The Hall–Kier alpha value is -3.44. The molecule has 0 aliphatic rings. The van der Waals surface area contributed by atoms with Crippen molar-refractivity contribution in [1.29, 1.82) is 0 Å². The number of carboxylic acid groups (broad SMARTS) is 1. The van der Waals surface area contributed by atoms with Gasteiger partial charge in [-0.3, -0.25) is 0 Å². The van der Waals surface area contributed by atoms with Crippen LogP contribution in [0.15, 0.2) is 53.2 Å². The molecule has 0 bridgehead atoms. The lowest BCUT2D eigenvalue weighted by molar-refractivity contribution is 0.206. The van der Waals surface area contributed by atoms with E-state index in [1.807, 2.05) is 24.3 Å². The molecule has 156 valence electrons. The molecule has 3 N–H and O–H groups in total. The van der Waals surface area contributed by atoms with Crippen molar-refractivity contribution < 1.29 is 23.6 Å². The first kappa shape index (κ1) is 21.3. The fourth-order valence-electron chi connectivity index (χ4n) is 2.61. The van der Waals surface area contributed by atoms with E-state index < -0.39 is 22.9 Å². The van der Waals surface area contributed by atoms with Crippen molar-refractivity contribution >= 4 is 28.7 Å². The van der Waals surface area contributed by atoms with Crippen LogP contribution in [-0.4, -0.2) is 43.6 Å². The molecule has 9 nitrogen and oxygen atoms in total. The summed E-state index contributed by atoms with van der Waals surface area (Å²) in [5.41, 5.74) is 2.10. The van der Waals surface area contributed by atoms with Crippen LogP contribution in [-0.2, 0) is 17.4 Å². The molecule has 1 unspecified atom stereocenters. The summed E-state index contributed by atoms with van der Waals surface area (Å²) in [6, 6.07) is 11.4. The Kier molecular flexibility index (Phi) is 6.99. The molecule has 0 fully saturated rings. The zero-order valence-electron chi connectivity index (χ0n) is 15.8. The van der Waals surface area contributed by atoms with Crippen LogP contribution in [0.25, 0.3) is 11.4 Å². The highest BCUT2D eigenvalue weighted by Gasteiger charge is 2.11. The van der Waals surface area contributed by atoms with E-state index in [4.69, 9.17) is 9.84 Å². The summed E-state index contributed by atoms with van der Waals surface area (Å²) in [6.45, 7) is 0. The van der Waals surface area contributed by atoms with Gasteiger partial charge in [0.25, 0.3) is 0 Å². The minimum Gasteiger partial charge on any atom is -0.496 e. The first-order valence-electron chi connectivity index (χ1n) is 8.68. The van der Waals surface area contributed by atoms with E-state index in [1.165, 1.54) is 31.6 Å². The van der Waals surface area contributed by atoms with Crippen molar-refractivity contribution in [2.75, 3.05) is 18.2 Å². The minimum atomic E-state index is -1.54. The van der Waals surface area contributed by atoms with Crippen LogP contribution in [0.5, 0.6) is 5.75 Å². The highest BCUT2D eigenvalue weighted by molar-refractivity contribution is 7.81. The van der Waals surface area contributed by atoms with Crippen molar-refractivity contribution in [3.05, 3.63) is 60.2 Å². The molecule has 0 aliphatic heterocycles. The number of nitrogens with one attached hydrogen (secondary N) is 1. The molecule has 0 aliphatic carbocycles. The zero-order valence-corrected chi connectivity index (χ0v) is 16.6. The number of aryl methyl sites for hydroxylation is 1. The SMILES string of the molecule is COc1cc(F)ccc1-c1ncnc(Nc2cccc(CC/S(O)=N\C(=O)O)c2)n1. The third kappa shape index (κ3) is 5.78. The average Bonchev–Trinajstić information content (AvgIpc) is 2.72. The van der Waals surface area contributed by atoms with E-state index in [0.717, 1.165) is 5.56 Å². The van der Waals surface area contributed by atoms with Gasteiger partial charge >= 0.3 is 6.09 Å². The fraction of sp³-hybridized carbons (Fsp3) is 0.158. The van der Waals surface area contributed by atoms with Gasteiger partial charge in [-0.05, 0) is 36.2 Å². The van der Waals surface area contributed by atoms with Gasteiger partial charge in [-0.15, -0.1) is 4.36 Å². The second-order valence-corrected chi connectivity index (χ2v) is 7.24. The lowest BCUT2D eigenvalue weighted by Gasteiger charge is -2.10. The molecule has 0 saturated carbocycles. The summed E-state index contributed by atoms with van der Waals surface area (Å²) >= 11 is 0. The highest BCUT2D eigenvalue weighted by Crippen LogP contribution is 2.28. The fourth-order valence-corrected chi connectivity index (χ4v) is 3.30. The number of nitrogens with zero attached hydrogens (tertiary/aromatic N) is 4. The largest absolute Gasteiger partial charge is 0.496 e. The third-order valence-electron chi connectivity index (χ3n) is 3.92. The van der Waals surface area contributed by atoms with Crippen molar-refractivity contribution in [2.45, 2.75) is 6.42 Å². The van der Waals surface area contributed by atoms with Gasteiger partial charge in [0.1, 0.15) is 17.9 Å². The van der Waals surface area contributed by atoms with Gasteiger partial charge in [0, 0.05) is 28.5 Å². The van der Waals surface area contributed by atoms with Gasteiger partial charge in [0.2, 0.25) is 5.95 Å². The first-order chi connectivity index (χ1) is 14.4. The summed E-state index contributed by atoms with van der Waals surface area (Å²) in [7, 11) is -0.105. The number of hydrogen-bond acceptors (Lipinski definition) is 6. The number of anilines is 2. The minimum absolute atomic E-state index is 0.204. The predicted molar refractivity (Wildman–Crippen MR) is 111 cm³/mol. The molecular weight excluding hydrogens is 413 g/mol. The molecule has 0 spiro atoms. The summed E-state index contributed by atoms with van der Waals surface area (Å²) in [6.07, 6.45) is 0.392. The Morgan fingerprint density at radius 3 is 2.87 bits per heavy atom. The number of halogens is 1. The quantitative estimate of drug-likeness (QED) is 0.513. The lowest BCUT2D eigenvalue weighted by atomic mass is 10.1. The molecule has 1 aromatic heterocycles. The molecule has 3 aromatic rings. The van der Waals surface area contributed by atoms with Crippen molar-refractivity contribution in [3.8, 4) is 17.1 Å². The van der Waals surface area contributed by atoms with Gasteiger partial charge in [-0.2, -0.15) is 4.98 Å². The molecule has 30 heavy (non-hydrogen) atoms.